The Morgan fingerprint density at radius 2 is 1.93 bits per heavy atom. The third-order valence-corrected chi connectivity index (χ3v) is 6.34. The maximum atomic E-state index is 12.3. The number of pyridine rings is 1. The normalized spacial score (nSPS) is 18.6. The minimum Gasteiger partial charge on any atom is -0.497 e. The molecule has 1 N–H and O–H groups in total. The summed E-state index contributed by atoms with van der Waals surface area (Å²) in [6.07, 6.45) is 7.60. The van der Waals surface area contributed by atoms with Crippen molar-refractivity contribution >= 4 is 22.6 Å². The Morgan fingerprint density at radius 3 is 2.64 bits per heavy atom. The molecular weight excluding hydrogens is 350 g/mol. The van der Waals surface area contributed by atoms with Gasteiger partial charge in [-0.15, -0.1) is 0 Å². The second kappa shape index (κ2) is 8.38. The number of carbonyl (C=O) groups excluding carboxylic acids is 1. The summed E-state index contributed by atoms with van der Waals surface area (Å²) in [7, 11) is 1.69. The van der Waals surface area contributed by atoms with Gasteiger partial charge in [0.25, 0.3) is 0 Å². The summed E-state index contributed by atoms with van der Waals surface area (Å²) in [4.78, 5) is 19.6. The summed E-state index contributed by atoms with van der Waals surface area (Å²) in [5.74, 6) is 2.60. The van der Waals surface area contributed by atoms with Gasteiger partial charge in [0.15, 0.2) is 0 Å². The van der Waals surface area contributed by atoms with Crippen molar-refractivity contribution < 1.29 is 9.53 Å². The Labute approximate surface area is 167 Å². The van der Waals surface area contributed by atoms with Gasteiger partial charge in [-0.2, -0.15) is 0 Å². The zero-order valence-corrected chi connectivity index (χ0v) is 17.0. The molecule has 1 saturated carbocycles. The highest BCUT2D eigenvalue weighted by Gasteiger charge is 2.24. The van der Waals surface area contributed by atoms with E-state index in [2.05, 4.69) is 29.3 Å². The lowest BCUT2D eigenvalue weighted by molar-refractivity contribution is -0.122. The fraction of sp³-hybridized carbons (Fsp3) is 0.565. The Hall–Kier alpha value is -2.30. The zero-order valence-electron chi connectivity index (χ0n) is 17.0. The predicted octanol–water partition coefficient (Wildman–Crippen LogP) is 4.22. The Kier molecular flexibility index (Phi) is 5.69. The van der Waals surface area contributed by atoms with Gasteiger partial charge < -0.3 is 15.0 Å². The summed E-state index contributed by atoms with van der Waals surface area (Å²) in [6.45, 7) is 4.06. The average Bonchev–Trinajstić information content (AvgIpc) is 3.20. The number of methoxy groups -OCH3 is 1. The number of fused-ring (bicyclic) bond motifs is 1. The SMILES string of the molecule is COc1ccc2c(C)cc(N3CCC(CC(=O)NC4CCCC4)CC3)nc2c1. The molecule has 0 spiro atoms. The number of aromatic nitrogens is 1. The van der Waals surface area contributed by atoms with Gasteiger partial charge in [-0.05, 0) is 62.3 Å². The molecule has 1 aliphatic carbocycles. The lowest BCUT2D eigenvalue weighted by atomic mass is 9.93. The van der Waals surface area contributed by atoms with E-state index in [9.17, 15) is 4.79 Å². The molecule has 5 heteroatoms. The van der Waals surface area contributed by atoms with E-state index in [0.717, 1.165) is 55.9 Å². The first-order valence-corrected chi connectivity index (χ1v) is 10.6. The molecule has 1 saturated heterocycles. The lowest BCUT2D eigenvalue weighted by Crippen LogP contribution is -2.38. The number of carbonyl (C=O) groups is 1. The van der Waals surface area contributed by atoms with Crippen LogP contribution in [0.4, 0.5) is 5.82 Å². The third-order valence-electron chi connectivity index (χ3n) is 6.34. The Morgan fingerprint density at radius 1 is 1.18 bits per heavy atom. The number of piperidine rings is 1. The summed E-state index contributed by atoms with van der Waals surface area (Å²) >= 11 is 0. The smallest absolute Gasteiger partial charge is 0.220 e. The minimum absolute atomic E-state index is 0.247. The highest BCUT2D eigenvalue weighted by molar-refractivity contribution is 5.85. The highest BCUT2D eigenvalue weighted by Crippen LogP contribution is 2.29. The van der Waals surface area contributed by atoms with Gasteiger partial charge in [-0.1, -0.05) is 12.8 Å². The van der Waals surface area contributed by atoms with E-state index in [1.807, 2.05) is 12.1 Å². The number of anilines is 1. The first-order valence-electron chi connectivity index (χ1n) is 10.6. The predicted molar refractivity (Wildman–Crippen MR) is 113 cm³/mol. The van der Waals surface area contributed by atoms with Gasteiger partial charge in [0.2, 0.25) is 5.91 Å². The second-order valence-corrected chi connectivity index (χ2v) is 8.36. The summed E-state index contributed by atoms with van der Waals surface area (Å²) < 4.78 is 5.35. The largest absolute Gasteiger partial charge is 0.497 e. The van der Waals surface area contributed by atoms with Gasteiger partial charge in [-0.25, -0.2) is 4.98 Å². The average molecular weight is 382 g/mol. The molecule has 0 unspecified atom stereocenters. The van der Waals surface area contributed by atoms with Gasteiger partial charge in [0, 0.05) is 37.0 Å². The number of hydrogen-bond acceptors (Lipinski definition) is 4. The topological polar surface area (TPSA) is 54.5 Å². The molecule has 1 aliphatic heterocycles. The molecule has 2 aliphatic rings. The highest BCUT2D eigenvalue weighted by atomic mass is 16.5. The molecule has 28 heavy (non-hydrogen) atoms. The zero-order chi connectivity index (χ0) is 19.5. The molecule has 2 heterocycles. The first kappa shape index (κ1) is 19.0. The Balaban J connectivity index is 1.37. The van der Waals surface area contributed by atoms with Crippen LogP contribution >= 0.6 is 0 Å². The quantitative estimate of drug-likeness (QED) is 0.843. The van der Waals surface area contributed by atoms with E-state index >= 15 is 0 Å². The van der Waals surface area contributed by atoms with Crippen LogP contribution in [0.5, 0.6) is 5.75 Å². The molecule has 0 atom stereocenters. The number of benzene rings is 1. The molecule has 2 fully saturated rings. The third kappa shape index (κ3) is 4.23. The van der Waals surface area contributed by atoms with E-state index in [0.29, 0.717) is 18.4 Å². The van der Waals surface area contributed by atoms with Crippen molar-refractivity contribution in [1.82, 2.24) is 10.3 Å². The van der Waals surface area contributed by atoms with Crippen molar-refractivity contribution in [3.63, 3.8) is 0 Å². The maximum absolute atomic E-state index is 12.3. The summed E-state index contributed by atoms with van der Waals surface area (Å²) in [5.41, 5.74) is 2.22. The number of aryl methyl sites for hydroxylation is 1. The molecule has 1 aromatic carbocycles. The van der Waals surface area contributed by atoms with E-state index in [-0.39, 0.29) is 5.91 Å². The number of nitrogens with zero attached hydrogens (tertiary/aromatic N) is 2. The van der Waals surface area contributed by atoms with Crippen molar-refractivity contribution in [3.8, 4) is 5.75 Å². The molecular formula is C23H31N3O2. The number of amides is 1. The Bertz CT molecular complexity index is 837. The van der Waals surface area contributed by atoms with E-state index in [4.69, 9.17) is 9.72 Å². The number of hydrogen-bond donors (Lipinski definition) is 1. The van der Waals surface area contributed by atoms with Gasteiger partial charge >= 0.3 is 0 Å². The summed E-state index contributed by atoms with van der Waals surface area (Å²) in [5, 5.41) is 4.40. The monoisotopic (exact) mass is 381 g/mol. The van der Waals surface area contributed by atoms with Gasteiger partial charge in [-0.3, -0.25) is 4.79 Å². The molecule has 1 aromatic heterocycles. The molecule has 0 radical (unpaired) electrons. The maximum Gasteiger partial charge on any atom is 0.220 e. The fourth-order valence-corrected chi connectivity index (χ4v) is 4.64. The van der Waals surface area contributed by atoms with Crippen molar-refractivity contribution in [3.05, 3.63) is 29.8 Å². The molecule has 1 amide bonds. The molecule has 0 bridgehead atoms. The van der Waals surface area contributed by atoms with Gasteiger partial charge in [0.1, 0.15) is 11.6 Å². The van der Waals surface area contributed by atoms with Crippen LogP contribution in [0.15, 0.2) is 24.3 Å². The standard InChI is InChI=1S/C23H31N3O2/c1-16-13-22(25-21-15-19(28-2)7-8-20(16)21)26-11-9-17(10-12-26)14-23(27)24-18-5-3-4-6-18/h7-8,13,15,17-18H,3-6,9-12,14H2,1-2H3,(H,24,27). The number of ether oxygens (including phenoxy) is 1. The second-order valence-electron chi connectivity index (χ2n) is 8.36. The molecule has 2 aromatic rings. The first-order chi connectivity index (χ1) is 13.6. The minimum atomic E-state index is 0.247. The molecule has 4 rings (SSSR count). The van der Waals surface area contributed by atoms with Crippen molar-refractivity contribution in [1.29, 1.82) is 0 Å². The van der Waals surface area contributed by atoms with Crippen molar-refractivity contribution in [2.75, 3.05) is 25.1 Å². The lowest BCUT2D eigenvalue weighted by Gasteiger charge is -2.33. The van der Waals surface area contributed by atoms with Gasteiger partial charge in [0.05, 0.1) is 12.6 Å². The number of rotatable bonds is 5. The van der Waals surface area contributed by atoms with Crippen LogP contribution in [-0.4, -0.2) is 37.1 Å². The van der Waals surface area contributed by atoms with E-state index in [1.165, 1.54) is 23.8 Å². The van der Waals surface area contributed by atoms with Crippen molar-refractivity contribution in [2.24, 2.45) is 5.92 Å². The van der Waals surface area contributed by atoms with Crippen LogP contribution in [0, 0.1) is 12.8 Å². The van der Waals surface area contributed by atoms with Crippen LogP contribution < -0.4 is 15.0 Å². The van der Waals surface area contributed by atoms with Crippen LogP contribution in [0.1, 0.15) is 50.5 Å². The van der Waals surface area contributed by atoms with Crippen molar-refractivity contribution in [2.45, 2.75) is 57.9 Å². The molecule has 5 nitrogen and oxygen atoms in total. The summed E-state index contributed by atoms with van der Waals surface area (Å²) in [6, 6.07) is 8.68. The van der Waals surface area contributed by atoms with E-state index in [1.54, 1.807) is 7.11 Å². The molecule has 150 valence electrons. The fourth-order valence-electron chi connectivity index (χ4n) is 4.64. The van der Waals surface area contributed by atoms with Crippen LogP contribution in [0.3, 0.4) is 0 Å². The van der Waals surface area contributed by atoms with E-state index < -0.39 is 0 Å². The van der Waals surface area contributed by atoms with Crippen LogP contribution in [0.25, 0.3) is 10.9 Å². The van der Waals surface area contributed by atoms with Crippen LogP contribution in [0.2, 0.25) is 0 Å². The number of nitrogens with one attached hydrogen (secondary N) is 1. The van der Waals surface area contributed by atoms with Crippen LogP contribution in [-0.2, 0) is 4.79 Å².